The van der Waals surface area contributed by atoms with E-state index in [1.54, 1.807) is 31.2 Å². The summed E-state index contributed by atoms with van der Waals surface area (Å²) < 4.78 is 0. The van der Waals surface area contributed by atoms with Gasteiger partial charge in [0, 0.05) is 13.6 Å². The van der Waals surface area contributed by atoms with Crippen LogP contribution in [0.4, 0.5) is 4.79 Å². The number of rotatable bonds is 6. The lowest BCUT2D eigenvalue weighted by molar-refractivity contribution is -0.123. The average molecular weight is 292 g/mol. The highest BCUT2D eigenvalue weighted by molar-refractivity contribution is 5.97. The van der Waals surface area contributed by atoms with Crippen molar-refractivity contribution in [3.63, 3.8) is 0 Å². The number of benzene rings is 1. The molecule has 0 saturated carbocycles. The van der Waals surface area contributed by atoms with E-state index in [0.29, 0.717) is 12.1 Å². The molecule has 0 bridgehead atoms. The second-order valence-electron chi connectivity index (χ2n) is 4.25. The molecule has 0 aliphatic rings. The fourth-order valence-corrected chi connectivity index (χ4v) is 1.68. The van der Waals surface area contributed by atoms with Crippen molar-refractivity contribution in [1.29, 1.82) is 0 Å². The molecule has 1 rings (SSSR count). The number of amides is 4. The molecule has 0 heterocycles. The topological polar surface area (TPSA) is 99.3 Å². The summed E-state index contributed by atoms with van der Waals surface area (Å²) >= 11 is 0. The summed E-state index contributed by atoms with van der Waals surface area (Å²) in [7, 11) is 1.51. The lowest BCUT2D eigenvalue weighted by atomic mass is 10.1. The first-order chi connectivity index (χ1) is 10.1. The van der Waals surface area contributed by atoms with E-state index in [1.807, 2.05) is 6.07 Å². The molecule has 114 valence electrons. The van der Waals surface area contributed by atoms with Crippen LogP contribution in [0.2, 0.25) is 0 Å². The zero-order chi connectivity index (χ0) is 15.7. The summed E-state index contributed by atoms with van der Waals surface area (Å²) in [6.45, 7) is 2.14. The number of hydrogen-bond acceptors (Lipinski definition) is 4. The van der Waals surface area contributed by atoms with Crippen molar-refractivity contribution in [2.24, 2.45) is 0 Å². The summed E-state index contributed by atoms with van der Waals surface area (Å²) in [4.78, 5) is 34.9. The summed E-state index contributed by atoms with van der Waals surface area (Å²) in [6.07, 6.45) is 0. The highest BCUT2D eigenvalue weighted by Gasteiger charge is 2.22. The Balaban J connectivity index is 2.78. The standard InChI is InChI=1S/C14H20N4O3/c1-3-16-14(21)18-13(20)12(17-9-11(19)15-2)10-7-5-4-6-8-10/h4-8,12,17H,3,9H2,1-2H3,(H,15,19)(H2,16,18,20,21)/t12-/m0/s1. The fraction of sp³-hybridized carbons (Fsp3) is 0.357. The number of imide groups is 1. The van der Waals surface area contributed by atoms with E-state index >= 15 is 0 Å². The first-order valence-electron chi connectivity index (χ1n) is 6.66. The maximum atomic E-state index is 12.2. The van der Waals surface area contributed by atoms with Gasteiger partial charge in [0.05, 0.1) is 6.54 Å². The fourth-order valence-electron chi connectivity index (χ4n) is 1.68. The molecule has 0 radical (unpaired) electrons. The first kappa shape index (κ1) is 16.6. The van der Waals surface area contributed by atoms with Crippen LogP contribution in [0.15, 0.2) is 30.3 Å². The van der Waals surface area contributed by atoms with Gasteiger partial charge >= 0.3 is 6.03 Å². The van der Waals surface area contributed by atoms with E-state index in [4.69, 9.17) is 0 Å². The summed E-state index contributed by atoms with van der Waals surface area (Å²) in [6, 6.07) is 7.53. The minimum atomic E-state index is -0.786. The number of nitrogens with one attached hydrogen (secondary N) is 4. The number of carbonyl (C=O) groups is 3. The Labute approximate surface area is 123 Å². The van der Waals surface area contributed by atoms with Gasteiger partial charge in [0.2, 0.25) is 11.8 Å². The van der Waals surface area contributed by atoms with Crippen LogP contribution in [0, 0.1) is 0 Å². The van der Waals surface area contributed by atoms with Gasteiger partial charge < -0.3 is 10.6 Å². The Bertz CT molecular complexity index is 490. The van der Waals surface area contributed by atoms with Gasteiger partial charge in [-0.1, -0.05) is 30.3 Å². The molecule has 0 fully saturated rings. The minimum Gasteiger partial charge on any atom is -0.358 e. The van der Waals surface area contributed by atoms with Gasteiger partial charge in [-0.25, -0.2) is 4.79 Å². The molecule has 1 aromatic rings. The monoisotopic (exact) mass is 292 g/mol. The van der Waals surface area contributed by atoms with Crippen LogP contribution in [-0.4, -0.2) is 38.0 Å². The molecule has 0 aliphatic heterocycles. The van der Waals surface area contributed by atoms with E-state index in [0.717, 1.165) is 0 Å². The van der Waals surface area contributed by atoms with Gasteiger partial charge in [-0.05, 0) is 12.5 Å². The molecule has 0 aromatic heterocycles. The number of hydrogen-bond donors (Lipinski definition) is 4. The second-order valence-corrected chi connectivity index (χ2v) is 4.25. The van der Waals surface area contributed by atoms with E-state index in [2.05, 4.69) is 21.3 Å². The van der Waals surface area contributed by atoms with E-state index in [1.165, 1.54) is 7.05 Å². The van der Waals surface area contributed by atoms with Crippen molar-refractivity contribution in [2.75, 3.05) is 20.1 Å². The third kappa shape index (κ3) is 5.62. The Morgan fingerprint density at radius 3 is 2.38 bits per heavy atom. The molecule has 0 saturated heterocycles. The molecular formula is C14H20N4O3. The van der Waals surface area contributed by atoms with E-state index in [-0.39, 0.29) is 12.5 Å². The smallest absolute Gasteiger partial charge is 0.321 e. The van der Waals surface area contributed by atoms with Crippen LogP contribution >= 0.6 is 0 Å². The van der Waals surface area contributed by atoms with E-state index < -0.39 is 18.0 Å². The molecule has 21 heavy (non-hydrogen) atoms. The molecule has 4 N–H and O–H groups in total. The Morgan fingerprint density at radius 1 is 1.14 bits per heavy atom. The van der Waals surface area contributed by atoms with Crippen LogP contribution in [0.3, 0.4) is 0 Å². The quantitative estimate of drug-likeness (QED) is 0.589. The highest BCUT2D eigenvalue weighted by Crippen LogP contribution is 2.12. The predicted octanol–water partition coefficient (Wildman–Crippen LogP) is -0.0910. The van der Waals surface area contributed by atoms with Gasteiger partial charge in [-0.3, -0.25) is 20.2 Å². The average Bonchev–Trinajstić information content (AvgIpc) is 2.48. The van der Waals surface area contributed by atoms with Gasteiger partial charge in [0.15, 0.2) is 0 Å². The lowest BCUT2D eigenvalue weighted by Gasteiger charge is -2.18. The zero-order valence-corrected chi connectivity index (χ0v) is 12.1. The third-order valence-corrected chi connectivity index (χ3v) is 2.71. The van der Waals surface area contributed by atoms with Crippen LogP contribution in [0.1, 0.15) is 18.5 Å². The molecule has 7 heteroatoms. The van der Waals surface area contributed by atoms with Crippen molar-refractivity contribution in [3.05, 3.63) is 35.9 Å². The Hall–Kier alpha value is -2.41. The minimum absolute atomic E-state index is 0.0289. The van der Waals surface area contributed by atoms with Gasteiger partial charge in [0.25, 0.3) is 0 Å². The van der Waals surface area contributed by atoms with Gasteiger partial charge in [-0.2, -0.15) is 0 Å². The van der Waals surface area contributed by atoms with Crippen LogP contribution in [0.5, 0.6) is 0 Å². The lowest BCUT2D eigenvalue weighted by Crippen LogP contribution is -2.46. The van der Waals surface area contributed by atoms with Crippen molar-refractivity contribution in [2.45, 2.75) is 13.0 Å². The highest BCUT2D eigenvalue weighted by atomic mass is 16.2. The van der Waals surface area contributed by atoms with Crippen molar-refractivity contribution >= 4 is 17.8 Å². The van der Waals surface area contributed by atoms with Crippen molar-refractivity contribution < 1.29 is 14.4 Å². The summed E-state index contributed by atoms with van der Waals surface area (Å²) in [5.74, 6) is -0.766. The molecule has 0 spiro atoms. The number of urea groups is 1. The third-order valence-electron chi connectivity index (χ3n) is 2.71. The largest absolute Gasteiger partial charge is 0.358 e. The molecule has 7 nitrogen and oxygen atoms in total. The van der Waals surface area contributed by atoms with Crippen molar-refractivity contribution in [1.82, 2.24) is 21.3 Å². The van der Waals surface area contributed by atoms with E-state index in [9.17, 15) is 14.4 Å². The molecule has 0 unspecified atom stereocenters. The SMILES string of the molecule is CCNC(=O)NC(=O)[C@@H](NCC(=O)NC)c1ccccc1. The normalized spacial score (nSPS) is 11.3. The zero-order valence-electron chi connectivity index (χ0n) is 12.1. The maximum Gasteiger partial charge on any atom is 0.321 e. The molecule has 1 aromatic carbocycles. The molecule has 1 atom stereocenters. The summed E-state index contributed by atoms with van der Waals surface area (Å²) in [5, 5.41) is 10.0. The predicted molar refractivity (Wildman–Crippen MR) is 78.5 cm³/mol. The first-order valence-corrected chi connectivity index (χ1v) is 6.66. The molecule has 4 amide bonds. The van der Waals surface area contributed by atoms with Crippen molar-refractivity contribution in [3.8, 4) is 0 Å². The Morgan fingerprint density at radius 2 is 1.81 bits per heavy atom. The molecular weight excluding hydrogens is 272 g/mol. The van der Waals surface area contributed by atoms with Crippen LogP contribution < -0.4 is 21.3 Å². The number of likely N-dealkylation sites (N-methyl/N-ethyl adjacent to an activating group) is 1. The Kier molecular flexibility index (Phi) is 6.90. The summed E-state index contributed by atoms with van der Waals surface area (Å²) in [5.41, 5.74) is 0.670. The number of carbonyl (C=O) groups excluding carboxylic acids is 3. The van der Waals surface area contributed by atoms with Crippen LogP contribution in [0.25, 0.3) is 0 Å². The van der Waals surface area contributed by atoms with Gasteiger partial charge in [-0.15, -0.1) is 0 Å². The second kappa shape index (κ2) is 8.70. The van der Waals surface area contributed by atoms with Gasteiger partial charge in [0.1, 0.15) is 6.04 Å². The van der Waals surface area contributed by atoms with Crippen LogP contribution in [-0.2, 0) is 9.59 Å². The maximum absolute atomic E-state index is 12.2. The molecule has 0 aliphatic carbocycles.